The maximum atomic E-state index is 13.4. The first-order valence-electron chi connectivity index (χ1n) is 9.35. The summed E-state index contributed by atoms with van der Waals surface area (Å²) in [5.41, 5.74) is -2.66. The zero-order chi connectivity index (χ0) is 23.8. The number of carbonyl (C=O) groups excluding carboxylic acids is 1. The van der Waals surface area contributed by atoms with Crippen molar-refractivity contribution in [1.29, 1.82) is 0 Å². The summed E-state index contributed by atoms with van der Waals surface area (Å²) < 4.78 is 52.4. The lowest BCUT2D eigenvalue weighted by atomic mass is 9.85. The smallest absolute Gasteiger partial charge is 0.416 e. The third-order valence-electron chi connectivity index (χ3n) is 4.94. The van der Waals surface area contributed by atoms with Gasteiger partial charge in [0, 0.05) is 24.8 Å². The highest BCUT2D eigenvalue weighted by Crippen LogP contribution is 2.45. The third-order valence-corrected chi connectivity index (χ3v) is 4.94. The van der Waals surface area contributed by atoms with Crippen LogP contribution in [0.1, 0.15) is 43.5 Å². The number of rotatable bonds is 5. The molecule has 0 aliphatic carbocycles. The summed E-state index contributed by atoms with van der Waals surface area (Å²) in [5, 5.41) is 9.37. The number of hydrogen-bond donors (Lipinski definition) is 0. The maximum absolute atomic E-state index is 13.4. The van der Waals surface area contributed by atoms with Crippen molar-refractivity contribution in [3.05, 3.63) is 73.7 Å². The molecule has 1 aliphatic heterocycles. The Morgan fingerprint density at radius 1 is 1.28 bits per heavy atom. The lowest BCUT2D eigenvalue weighted by Gasteiger charge is -2.44. The third kappa shape index (κ3) is 4.68. The standard InChI is InChI=1S/C20H19F3N2O7/c1-11(26)31-18-17(24-7-6-12(8-16(24)27)10-30-25(28)29)14-9-13(20(21,22)23)4-5-15(14)32-19(18,2)3/h4-9,17-18H,10H2,1-3H3/t17-,18+/m1/s1. The Morgan fingerprint density at radius 2 is 1.97 bits per heavy atom. The molecule has 0 saturated carbocycles. The Labute approximate surface area is 179 Å². The van der Waals surface area contributed by atoms with Gasteiger partial charge in [0.25, 0.3) is 10.6 Å². The topological polar surface area (TPSA) is 110 Å². The molecule has 0 unspecified atom stereocenters. The zero-order valence-corrected chi connectivity index (χ0v) is 17.2. The van der Waals surface area contributed by atoms with Gasteiger partial charge in [-0.05, 0) is 43.7 Å². The van der Waals surface area contributed by atoms with Gasteiger partial charge in [-0.1, -0.05) is 0 Å². The van der Waals surface area contributed by atoms with Crippen LogP contribution in [-0.4, -0.2) is 27.3 Å². The highest BCUT2D eigenvalue weighted by molar-refractivity contribution is 5.66. The minimum absolute atomic E-state index is 0.00166. The molecule has 12 heteroatoms. The molecular formula is C20H19F3N2O7. The van der Waals surface area contributed by atoms with Crippen molar-refractivity contribution in [3.8, 4) is 5.75 Å². The predicted molar refractivity (Wildman–Crippen MR) is 102 cm³/mol. The molecular weight excluding hydrogens is 437 g/mol. The Kier molecular flexibility index (Phi) is 5.90. The number of pyridine rings is 1. The number of benzene rings is 1. The second kappa shape index (κ2) is 8.17. The number of hydrogen-bond acceptors (Lipinski definition) is 7. The molecule has 0 radical (unpaired) electrons. The second-order valence-electron chi connectivity index (χ2n) is 7.71. The fourth-order valence-corrected chi connectivity index (χ4v) is 3.59. The maximum Gasteiger partial charge on any atom is 0.416 e. The second-order valence-corrected chi connectivity index (χ2v) is 7.71. The van der Waals surface area contributed by atoms with Gasteiger partial charge in [-0.2, -0.15) is 13.2 Å². The number of alkyl halides is 3. The quantitative estimate of drug-likeness (QED) is 0.386. The highest BCUT2D eigenvalue weighted by atomic mass is 19.4. The molecule has 0 saturated heterocycles. The van der Waals surface area contributed by atoms with E-state index in [1.54, 1.807) is 13.8 Å². The Bertz CT molecular complexity index is 1110. The van der Waals surface area contributed by atoms with E-state index in [2.05, 4.69) is 4.84 Å². The minimum atomic E-state index is -4.65. The molecule has 2 aromatic rings. The lowest BCUT2D eigenvalue weighted by Crippen LogP contribution is -2.54. The molecule has 2 atom stereocenters. The normalized spacial score (nSPS) is 19.4. The van der Waals surface area contributed by atoms with Crippen molar-refractivity contribution in [2.75, 3.05) is 0 Å². The van der Waals surface area contributed by atoms with Crippen LogP contribution in [-0.2, 0) is 27.2 Å². The van der Waals surface area contributed by atoms with Gasteiger partial charge in [0.05, 0.1) is 5.56 Å². The molecule has 9 nitrogen and oxygen atoms in total. The zero-order valence-electron chi connectivity index (χ0n) is 17.2. The average Bonchev–Trinajstić information content (AvgIpc) is 2.66. The number of aromatic nitrogens is 1. The van der Waals surface area contributed by atoms with Crippen LogP contribution in [0.15, 0.2) is 41.3 Å². The van der Waals surface area contributed by atoms with Gasteiger partial charge in [-0.25, -0.2) is 0 Å². The Hall–Kier alpha value is -3.57. The monoisotopic (exact) mass is 456 g/mol. The summed E-state index contributed by atoms with van der Waals surface area (Å²) >= 11 is 0. The molecule has 1 aliphatic rings. The minimum Gasteiger partial charge on any atom is -0.484 e. The van der Waals surface area contributed by atoms with E-state index in [4.69, 9.17) is 9.47 Å². The van der Waals surface area contributed by atoms with E-state index in [-0.39, 0.29) is 16.9 Å². The summed E-state index contributed by atoms with van der Waals surface area (Å²) in [6, 6.07) is 4.12. The van der Waals surface area contributed by atoms with E-state index in [0.29, 0.717) is 0 Å². The SMILES string of the molecule is CC(=O)O[C@H]1[C@H](n2ccc(CO[N+](=O)[O-])cc2=O)c2cc(C(F)(F)F)ccc2OC1(C)C. The van der Waals surface area contributed by atoms with Crippen molar-refractivity contribution in [1.82, 2.24) is 4.57 Å². The number of ether oxygens (including phenoxy) is 2. The molecule has 32 heavy (non-hydrogen) atoms. The molecule has 172 valence electrons. The van der Waals surface area contributed by atoms with Crippen LogP contribution in [0.5, 0.6) is 5.75 Å². The van der Waals surface area contributed by atoms with Crippen LogP contribution < -0.4 is 10.3 Å². The Morgan fingerprint density at radius 3 is 2.53 bits per heavy atom. The van der Waals surface area contributed by atoms with Gasteiger partial charge in [0.2, 0.25) is 0 Å². The molecule has 3 rings (SSSR count). The van der Waals surface area contributed by atoms with Gasteiger partial charge in [0.15, 0.2) is 6.10 Å². The predicted octanol–water partition coefficient (Wildman–Crippen LogP) is 3.27. The number of carbonyl (C=O) groups is 1. The van der Waals surface area contributed by atoms with Gasteiger partial charge in [0.1, 0.15) is 24.0 Å². The van der Waals surface area contributed by atoms with Crippen molar-refractivity contribution in [3.63, 3.8) is 0 Å². The number of fused-ring (bicyclic) bond motifs is 1. The van der Waals surface area contributed by atoms with E-state index < -0.39 is 52.7 Å². The summed E-state index contributed by atoms with van der Waals surface area (Å²) in [4.78, 5) is 39.3. The van der Waals surface area contributed by atoms with Crippen molar-refractivity contribution >= 4 is 5.97 Å². The van der Waals surface area contributed by atoms with E-state index in [9.17, 15) is 32.9 Å². The van der Waals surface area contributed by atoms with Gasteiger partial charge in [-0.3, -0.25) is 9.59 Å². The fourth-order valence-electron chi connectivity index (χ4n) is 3.59. The lowest BCUT2D eigenvalue weighted by molar-refractivity contribution is -0.763. The molecule has 0 bridgehead atoms. The van der Waals surface area contributed by atoms with Crippen molar-refractivity contribution in [2.24, 2.45) is 0 Å². The molecule has 0 fully saturated rings. The molecule has 0 N–H and O–H groups in total. The van der Waals surface area contributed by atoms with Crippen molar-refractivity contribution < 1.29 is 37.4 Å². The van der Waals surface area contributed by atoms with Crippen LogP contribution >= 0.6 is 0 Å². The summed E-state index contributed by atoms with van der Waals surface area (Å²) in [7, 11) is 0. The summed E-state index contributed by atoms with van der Waals surface area (Å²) in [6.07, 6.45) is -4.55. The first kappa shape index (κ1) is 23.1. The molecule has 0 spiro atoms. The summed E-state index contributed by atoms with van der Waals surface area (Å²) in [5.74, 6) is -0.611. The largest absolute Gasteiger partial charge is 0.484 e. The van der Waals surface area contributed by atoms with E-state index >= 15 is 0 Å². The van der Waals surface area contributed by atoms with Crippen LogP contribution in [0.2, 0.25) is 0 Å². The van der Waals surface area contributed by atoms with Crippen LogP contribution in [0, 0.1) is 10.1 Å². The number of nitrogens with zero attached hydrogens (tertiary/aromatic N) is 2. The van der Waals surface area contributed by atoms with Crippen LogP contribution in [0.25, 0.3) is 0 Å². The van der Waals surface area contributed by atoms with Gasteiger partial charge >= 0.3 is 12.1 Å². The Balaban J connectivity index is 2.18. The van der Waals surface area contributed by atoms with Crippen LogP contribution in [0.3, 0.4) is 0 Å². The van der Waals surface area contributed by atoms with E-state index in [0.717, 1.165) is 35.8 Å². The van der Waals surface area contributed by atoms with Gasteiger partial charge < -0.3 is 18.9 Å². The number of esters is 1. The highest BCUT2D eigenvalue weighted by Gasteiger charge is 2.48. The molecule has 1 aromatic carbocycles. The molecule has 0 amide bonds. The van der Waals surface area contributed by atoms with Gasteiger partial charge in [-0.15, -0.1) is 10.1 Å². The van der Waals surface area contributed by atoms with E-state index in [1.807, 2.05) is 0 Å². The molecule has 1 aromatic heterocycles. The summed E-state index contributed by atoms with van der Waals surface area (Å²) in [6.45, 7) is 3.82. The average molecular weight is 456 g/mol. The first-order valence-corrected chi connectivity index (χ1v) is 9.35. The fraction of sp³-hybridized carbons (Fsp3) is 0.400. The number of halogens is 3. The van der Waals surface area contributed by atoms with Crippen molar-refractivity contribution in [2.45, 2.75) is 51.3 Å². The molecule has 2 heterocycles. The van der Waals surface area contributed by atoms with E-state index in [1.165, 1.54) is 12.3 Å². The van der Waals surface area contributed by atoms with Crippen LogP contribution in [0.4, 0.5) is 13.2 Å². The first-order chi connectivity index (χ1) is 14.8.